The van der Waals surface area contributed by atoms with Gasteiger partial charge in [0.1, 0.15) is 23.6 Å². The molecule has 0 radical (unpaired) electrons. The summed E-state index contributed by atoms with van der Waals surface area (Å²) in [5, 5.41) is 50.5. The van der Waals surface area contributed by atoms with Gasteiger partial charge in [0, 0.05) is 24.8 Å². The number of nitrogens with two attached hydrogens (primary N) is 1. The van der Waals surface area contributed by atoms with E-state index in [4.69, 9.17) is 10.6 Å². The van der Waals surface area contributed by atoms with Gasteiger partial charge in [0.2, 0.25) is 5.60 Å². The van der Waals surface area contributed by atoms with E-state index in [2.05, 4.69) is 26.1 Å². The summed E-state index contributed by atoms with van der Waals surface area (Å²) in [6.07, 6.45) is 1.18. The van der Waals surface area contributed by atoms with Gasteiger partial charge in [0.15, 0.2) is 10.8 Å². The van der Waals surface area contributed by atoms with Gasteiger partial charge in [-0.3, -0.25) is 19.3 Å². The summed E-state index contributed by atoms with van der Waals surface area (Å²) >= 11 is 0.919. The fourth-order valence-corrected chi connectivity index (χ4v) is 5.57. The number of nitrogens with one attached hydrogen (secondary N) is 3. The second-order valence-corrected chi connectivity index (χ2v) is 11.6. The number of carboxylic acids is 1. The van der Waals surface area contributed by atoms with Gasteiger partial charge >= 0.3 is 22.3 Å². The minimum absolute atomic E-state index is 0.0214. The lowest BCUT2D eigenvalue weighted by Crippen LogP contribution is -2.74. The highest BCUT2D eigenvalue weighted by Gasteiger charge is 2.54. The Balaban J connectivity index is 1.45. The standard InChI is InChI=1S/C21H26N8O12S2/c22-19-25-10(8-42-19)14(27-41-21(18(34)35)2-1-3-21)16(32)26-15-11(29(17(15)33)43(38,39)40)6-24-20(36)23-5-9-4-12(30)13(31)7-28(9)37/h4,7-8,11-12,15,30-31,37H,1-3,5-6H2,(H2,22,25)(H,26,32)(H,34,35)(H2,23,24,36)(H,38,39,40)/b27-14-/t11-,12?,15+/m1/s1. The van der Waals surface area contributed by atoms with E-state index in [1.165, 1.54) is 5.38 Å². The first kappa shape index (κ1) is 31.4. The van der Waals surface area contributed by atoms with Crippen LogP contribution >= 0.6 is 11.3 Å². The number of urea groups is 1. The monoisotopic (exact) mass is 646 g/mol. The Morgan fingerprint density at radius 3 is 2.53 bits per heavy atom. The number of anilines is 1. The van der Waals surface area contributed by atoms with Crippen LogP contribution in [0.1, 0.15) is 25.0 Å². The lowest BCUT2D eigenvalue weighted by Gasteiger charge is -2.44. The number of carbonyl (C=O) groups is 4. The fraction of sp³-hybridized carbons (Fsp3) is 0.429. The number of carboxylic acid groups (broad SMARTS) is 1. The highest BCUT2D eigenvalue weighted by Crippen LogP contribution is 2.36. The predicted molar refractivity (Wildman–Crippen MR) is 142 cm³/mol. The summed E-state index contributed by atoms with van der Waals surface area (Å²) in [7, 11) is -5.13. The van der Waals surface area contributed by atoms with Gasteiger partial charge in [0.05, 0.1) is 24.5 Å². The summed E-state index contributed by atoms with van der Waals surface area (Å²) in [6, 6.07) is -4.09. The van der Waals surface area contributed by atoms with Gasteiger partial charge in [-0.1, -0.05) is 5.16 Å². The van der Waals surface area contributed by atoms with E-state index < -0.39 is 75.9 Å². The highest BCUT2D eigenvalue weighted by molar-refractivity contribution is 7.84. The molecule has 1 saturated carbocycles. The number of thiazole rings is 1. The van der Waals surface area contributed by atoms with Gasteiger partial charge in [-0.25, -0.2) is 23.9 Å². The summed E-state index contributed by atoms with van der Waals surface area (Å²) in [5.74, 6) is -4.24. The Bertz CT molecular complexity index is 1520. The third-order valence-electron chi connectivity index (χ3n) is 6.65. The number of hydrogen-bond donors (Lipinski definition) is 9. The predicted octanol–water partition coefficient (Wildman–Crippen LogP) is -2.40. The Kier molecular flexibility index (Phi) is 8.77. The third-order valence-corrected chi connectivity index (χ3v) is 8.27. The van der Waals surface area contributed by atoms with Crippen LogP contribution in [0, 0.1) is 0 Å². The van der Waals surface area contributed by atoms with Gasteiger partial charge in [0.25, 0.3) is 11.8 Å². The average Bonchev–Trinajstić information content (AvgIpc) is 3.32. The van der Waals surface area contributed by atoms with E-state index >= 15 is 0 Å². The van der Waals surface area contributed by atoms with E-state index in [9.17, 15) is 52.7 Å². The quantitative estimate of drug-likeness (QED) is 0.0524. The number of nitrogens with zero attached hydrogens (tertiary/aromatic N) is 4. The number of rotatable bonds is 11. The number of amides is 4. The number of oxime groups is 1. The molecule has 4 amide bonds. The van der Waals surface area contributed by atoms with Gasteiger partial charge in [-0.15, -0.1) is 11.3 Å². The van der Waals surface area contributed by atoms with Crippen molar-refractivity contribution in [1.82, 2.24) is 30.3 Å². The average molecular weight is 647 g/mol. The van der Waals surface area contributed by atoms with Crippen molar-refractivity contribution in [2.75, 3.05) is 18.8 Å². The van der Waals surface area contributed by atoms with Crippen LogP contribution in [0.25, 0.3) is 0 Å². The molecular weight excluding hydrogens is 620 g/mol. The molecule has 1 unspecified atom stereocenters. The van der Waals surface area contributed by atoms with Crippen LogP contribution in [0.3, 0.4) is 0 Å². The molecule has 4 rings (SSSR count). The molecule has 10 N–H and O–H groups in total. The van der Waals surface area contributed by atoms with Crippen molar-refractivity contribution in [3.05, 3.63) is 34.8 Å². The van der Waals surface area contributed by atoms with Crippen molar-refractivity contribution in [2.45, 2.75) is 43.1 Å². The van der Waals surface area contributed by atoms with Crippen LogP contribution in [-0.2, 0) is 29.5 Å². The summed E-state index contributed by atoms with van der Waals surface area (Å²) in [5.41, 5.74) is 3.23. The molecule has 0 aromatic carbocycles. The van der Waals surface area contributed by atoms with Crippen LogP contribution in [0.15, 0.2) is 34.3 Å². The molecule has 234 valence electrons. The van der Waals surface area contributed by atoms with Gasteiger partial charge in [-0.05, 0) is 12.5 Å². The molecule has 1 aromatic rings. The number of hydroxylamine groups is 2. The second kappa shape index (κ2) is 12.0. The summed E-state index contributed by atoms with van der Waals surface area (Å²) in [6.45, 7) is -0.994. The first-order valence-electron chi connectivity index (χ1n) is 12.2. The number of aliphatic hydroxyl groups is 2. The summed E-state index contributed by atoms with van der Waals surface area (Å²) in [4.78, 5) is 58.9. The van der Waals surface area contributed by atoms with Crippen LogP contribution in [-0.4, -0.2) is 114 Å². The number of aromatic nitrogens is 1. The van der Waals surface area contributed by atoms with Gasteiger partial charge < -0.3 is 41.8 Å². The van der Waals surface area contributed by atoms with Crippen molar-refractivity contribution in [2.24, 2.45) is 5.16 Å². The first-order chi connectivity index (χ1) is 20.1. The first-order valence-corrected chi connectivity index (χ1v) is 14.5. The molecule has 0 spiro atoms. The molecule has 20 nitrogen and oxygen atoms in total. The smallest absolute Gasteiger partial charge is 0.362 e. The normalized spacial score (nSPS) is 23.3. The second-order valence-electron chi connectivity index (χ2n) is 9.45. The summed E-state index contributed by atoms with van der Waals surface area (Å²) < 4.78 is 33.2. The van der Waals surface area contributed by atoms with E-state index in [-0.39, 0.29) is 40.2 Å². The van der Waals surface area contributed by atoms with Crippen molar-refractivity contribution in [3.63, 3.8) is 0 Å². The van der Waals surface area contributed by atoms with Gasteiger partial charge in [-0.2, -0.15) is 8.42 Å². The van der Waals surface area contributed by atoms with E-state index in [0.717, 1.165) is 23.6 Å². The molecule has 2 fully saturated rings. The zero-order valence-corrected chi connectivity index (χ0v) is 23.4. The zero-order chi connectivity index (χ0) is 31.7. The maximum absolute atomic E-state index is 13.2. The van der Waals surface area contributed by atoms with Crippen LogP contribution in [0.2, 0.25) is 0 Å². The maximum Gasteiger partial charge on any atom is 0.362 e. The number of aliphatic carboxylic acids is 1. The Hall–Kier alpha value is -4.51. The minimum atomic E-state index is -5.13. The van der Waals surface area contributed by atoms with Crippen LogP contribution in [0.5, 0.6) is 0 Å². The topological polar surface area (TPSA) is 307 Å². The molecule has 1 saturated heterocycles. The number of β-lactam (4-membered cyclic amide) rings is 1. The number of aliphatic hydroxyl groups excluding tert-OH is 2. The van der Waals surface area contributed by atoms with Crippen molar-refractivity contribution >= 4 is 56.3 Å². The molecule has 2 aliphatic heterocycles. The van der Waals surface area contributed by atoms with E-state index in [1.807, 2.05) is 0 Å². The van der Waals surface area contributed by atoms with Crippen LogP contribution in [0.4, 0.5) is 9.93 Å². The van der Waals surface area contributed by atoms with Crippen LogP contribution < -0.4 is 21.7 Å². The van der Waals surface area contributed by atoms with Crippen molar-refractivity contribution in [3.8, 4) is 0 Å². The Morgan fingerprint density at radius 2 is 1.98 bits per heavy atom. The number of carbonyl (C=O) groups excluding carboxylic acids is 3. The lowest BCUT2D eigenvalue weighted by atomic mass is 9.80. The van der Waals surface area contributed by atoms with Crippen molar-refractivity contribution < 1.29 is 57.5 Å². The SMILES string of the molecule is Nc1nc(/C(=N/OC2(C(=O)O)CCC2)C(=O)N[C@@H]2C(=O)N(S(=O)(=O)O)[C@@H]2CNC(=O)NCC2=CC(O)C(O)=CN2O)cs1. The number of nitrogen functional groups attached to an aromatic ring is 1. The van der Waals surface area contributed by atoms with E-state index in [1.54, 1.807) is 0 Å². The molecule has 43 heavy (non-hydrogen) atoms. The largest absolute Gasteiger partial charge is 0.508 e. The fourth-order valence-electron chi connectivity index (χ4n) is 4.15. The molecule has 22 heteroatoms. The maximum atomic E-state index is 13.2. The van der Waals surface area contributed by atoms with Crippen molar-refractivity contribution in [1.29, 1.82) is 0 Å². The molecule has 3 heterocycles. The molecule has 0 bridgehead atoms. The molecule has 3 aliphatic rings. The zero-order valence-electron chi connectivity index (χ0n) is 21.8. The highest BCUT2D eigenvalue weighted by atomic mass is 32.2. The molecular formula is C21H26N8O12S2. The lowest BCUT2D eigenvalue weighted by molar-refractivity contribution is -0.178. The molecule has 1 aromatic heterocycles. The third kappa shape index (κ3) is 6.61. The number of hydrogen-bond acceptors (Lipinski definition) is 15. The Morgan fingerprint density at radius 1 is 1.28 bits per heavy atom. The molecule has 3 atom stereocenters. The Labute approximate surface area is 245 Å². The molecule has 1 aliphatic carbocycles. The minimum Gasteiger partial charge on any atom is -0.508 e. The van der Waals surface area contributed by atoms with E-state index in [0.29, 0.717) is 11.5 Å².